The van der Waals surface area contributed by atoms with E-state index in [1.165, 1.54) is 18.6 Å². The van der Waals surface area contributed by atoms with Gasteiger partial charge in [-0.3, -0.25) is 9.59 Å². The summed E-state index contributed by atoms with van der Waals surface area (Å²) >= 11 is 0. The fraction of sp³-hybridized carbons (Fsp3) is 0.486. The normalized spacial score (nSPS) is 18.2. The summed E-state index contributed by atoms with van der Waals surface area (Å²) in [7, 11) is -4.13. The van der Waals surface area contributed by atoms with Crippen LogP contribution in [-0.4, -0.2) is 54.2 Å². The van der Waals surface area contributed by atoms with E-state index in [1.54, 1.807) is 23.1 Å². The Bertz CT molecular complexity index is 1630. The van der Waals surface area contributed by atoms with E-state index in [-0.39, 0.29) is 60.8 Å². The van der Waals surface area contributed by atoms with E-state index < -0.39 is 10.0 Å². The van der Waals surface area contributed by atoms with E-state index in [2.05, 4.69) is 49.3 Å². The van der Waals surface area contributed by atoms with E-state index in [9.17, 15) is 18.0 Å². The molecule has 1 N–H and O–H groups in total. The number of nitrogens with zero attached hydrogens (tertiary/aromatic N) is 3. The van der Waals surface area contributed by atoms with E-state index in [4.69, 9.17) is 4.74 Å². The van der Waals surface area contributed by atoms with Crippen molar-refractivity contribution in [2.24, 2.45) is 11.3 Å². The van der Waals surface area contributed by atoms with Gasteiger partial charge in [0.05, 0.1) is 16.6 Å². The first kappa shape index (κ1) is 34.1. The third-order valence-corrected chi connectivity index (χ3v) is 9.17. The summed E-state index contributed by atoms with van der Waals surface area (Å²) in [6.45, 7) is 15.1. The summed E-state index contributed by atoms with van der Waals surface area (Å²) in [5, 5.41) is 0. The Labute approximate surface area is 270 Å². The number of nitrogens with one attached hydrogen (secondary N) is 1. The van der Waals surface area contributed by atoms with Gasteiger partial charge in [-0.1, -0.05) is 65.3 Å². The SMILES string of the molecule is CCC.Cc1cccc(C)c1-c1cc2nc(n1)NS(=O)(=O)c1cccc(c1)C(=O)N(CCC1CC(=O)C1)[C@H](CC(C)(C)C)CO2.[HH].[HH]. The number of amides is 1. The fourth-order valence-electron chi connectivity index (χ4n) is 5.74. The number of ether oxygens (including phenoxy) is 1. The smallest absolute Gasteiger partial charge is 0.264 e. The minimum absolute atomic E-state index is 0. The van der Waals surface area contributed by atoms with Crippen molar-refractivity contribution in [1.29, 1.82) is 0 Å². The largest absolute Gasteiger partial charge is 0.475 e. The Hall–Kier alpha value is -3.79. The second-order valence-electron chi connectivity index (χ2n) is 13.4. The lowest BCUT2D eigenvalue weighted by Gasteiger charge is -2.37. The number of fused-ring (bicyclic) bond motifs is 4. The van der Waals surface area contributed by atoms with Crippen LogP contribution in [0.15, 0.2) is 53.4 Å². The van der Waals surface area contributed by atoms with Crippen molar-refractivity contribution >= 4 is 27.7 Å². The maximum atomic E-state index is 14.1. The molecule has 0 saturated heterocycles. The van der Waals surface area contributed by atoms with Crippen molar-refractivity contribution in [2.75, 3.05) is 17.9 Å². The highest BCUT2D eigenvalue weighted by Gasteiger charge is 2.33. The first-order valence-electron chi connectivity index (χ1n) is 15.7. The fourth-order valence-corrected chi connectivity index (χ4v) is 6.73. The molecule has 246 valence electrons. The number of aryl methyl sites for hydroxylation is 2. The van der Waals surface area contributed by atoms with Gasteiger partial charge in [-0.15, -0.1) is 0 Å². The van der Waals surface area contributed by atoms with Gasteiger partial charge in [0, 0.05) is 39.4 Å². The molecule has 1 saturated carbocycles. The number of Topliss-reactive ketones (excluding diaryl/α,β-unsaturated/α-hetero) is 1. The molecule has 1 atom stereocenters. The van der Waals surface area contributed by atoms with Crippen LogP contribution in [0.2, 0.25) is 0 Å². The predicted octanol–water partition coefficient (Wildman–Crippen LogP) is 7.48. The summed E-state index contributed by atoms with van der Waals surface area (Å²) in [5.41, 5.74) is 3.50. The molecule has 1 aromatic heterocycles. The predicted molar refractivity (Wildman–Crippen MR) is 181 cm³/mol. The molecule has 1 amide bonds. The number of anilines is 1. The molecular weight excluding hydrogens is 588 g/mol. The van der Waals surface area contributed by atoms with Crippen molar-refractivity contribution in [3.63, 3.8) is 0 Å². The van der Waals surface area contributed by atoms with E-state index in [0.717, 1.165) is 16.7 Å². The second-order valence-corrected chi connectivity index (χ2v) is 15.0. The Morgan fingerprint density at radius 1 is 1.00 bits per heavy atom. The molecule has 2 aliphatic rings. The van der Waals surface area contributed by atoms with Crippen molar-refractivity contribution in [3.8, 4) is 17.1 Å². The molecule has 2 aromatic carbocycles. The first-order valence-corrected chi connectivity index (χ1v) is 17.2. The zero-order chi connectivity index (χ0) is 32.9. The summed E-state index contributed by atoms with van der Waals surface area (Å²) in [5.74, 6) is 0.313. The molecule has 45 heavy (non-hydrogen) atoms. The van der Waals surface area contributed by atoms with Crippen LogP contribution in [0.5, 0.6) is 5.88 Å². The topological polar surface area (TPSA) is 119 Å². The van der Waals surface area contributed by atoms with Gasteiger partial charge in [0.2, 0.25) is 11.8 Å². The van der Waals surface area contributed by atoms with Crippen LogP contribution in [0, 0.1) is 25.2 Å². The van der Waals surface area contributed by atoms with Crippen LogP contribution in [-0.2, 0) is 14.8 Å². The Kier molecular flexibility index (Phi) is 10.7. The molecule has 5 rings (SSSR count). The number of carbonyl (C=O) groups is 2. The number of hydrogen-bond donors (Lipinski definition) is 1. The van der Waals surface area contributed by atoms with Crippen LogP contribution in [0.25, 0.3) is 11.3 Å². The number of hydrogen-bond acceptors (Lipinski definition) is 7. The molecule has 0 radical (unpaired) electrons. The molecule has 0 unspecified atom stereocenters. The Morgan fingerprint density at radius 2 is 1.64 bits per heavy atom. The number of benzene rings is 2. The van der Waals surface area contributed by atoms with Crippen molar-refractivity contribution in [3.05, 3.63) is 65.2 Å². The lowest BCUT2D eigenvalue weighted by molar-refractivity contribution is -0.127. The van der Waals surface area contributed by atoms with E-state index in [0.29, 0.717) is 37.9 Å². The summed E-state index contributed by atoms with van der Waals surface area (Å²) in [4.78, 5) is 36.4. The zero-order valence-electron chi connectivity index (χ0n) is 27.5. The average Bonchev–Trinajstić information content (AvgIpc) is 2.94. The number of rotatable bonds is 5. The monoisotopic (exact) mass is 638 g/mol. The summed E-state index contributed by atoms with van der Waals surface area (Å²) < 4.78 is 35.8. The third kappa shape index (κ3) is 8.69. The van der Waals surface area contributed by atoms with Crippen molar-refractivity contribution < 1.29 is 25.6 Å². The Balaban J connectivity index is 0.00000148. The van der Waals surface area contributed by atoms with Gasteiger partial charge in [0.25, 0.3) is 15.9 Å². The maximum Gasteiger partial charge on any atom is 0.264 e. The number of sulfonamides is 1. The van der Waals surface area contributed by atoms with Gasteiger partial charge < -0.3 is 9.64 Å². The number of ketones is 1. The molecule has 2 heterocycles. The molecular formula is C35H50N4O5S. The molecule has 9 nitrogen and oxygen atoms in total. The first-order chi connectivity index (χ1) is 21.2. The molecule has 3 aromatic rings. The highest BCUT2D eigenvalue weighted by atomic mass is 32.2. The van der Waals surface area contributed by atoms with Gasteiger partial charge in [0.1, 0.15) is 12.4 Å². The van der Waals surface area contributed by atoms with Gasteiger partial charge in [-0.05, 0) is 67.3 Å². The quantitative estimate of drug-likeness (QED) is 0.308. The van der Waals surface area contributed by atoms with Crippen LogP contribution < -0.4 is 9.46 Å². The zero-order valence-corrected chi connectivity index (χ0v) is 28.3. The minimum Gasteiger partial charge on any atom is -0.475 e. The molecule has 4 bridgehead atoms. The molecule has 1 aliphatic carbocycles. The van der Waals surface area contributed by atoms with E-state index in [1.807, 2.05) is 32.0 Å². The van der Waals surface area contributed by atoms with Gasteiger partial charge in [-0.2, -0.15) is 4.98 Å². The van der Waals surface area contributed by atoms with Crippen LogP contribution in [0.4, 0.5) is 5.95 Å². The standard InChI is InChI=1S/C32H38N4O5S.C3H8.2H2/c1-20-8-6-9-21(2)29(20)27-17-28-34-31(33-27)35-42(39,40)26-11-7-10-23(16-26)30(38)36(13-12-22-14-25(37)15-22)24(19-41-28)18-32(3,4)5;1-3-2;;/h6-11,16-17,22,24H,12-15,18-19H2,1-5H3,(H,33,34,35);3H2,1-2H3;2*1H/t24-;;;/m1.../s1. The lowest BCUT2D eigenvalue weighted by atomic mass is 9.81. The lowest BCUT2D eigenvalue weighted by Crippen LogP contribution is -2.47. The molecule has 1 aliphatic heterocycles. The van der Waals surface area contributed by atoms with Crippen LogP contribution in [0.1, 0.15) is 91.1 Å². The summed E-state index contributed by atoms with van der Waals surface area (Å²) in [6.07, 6.45) is 3.64. The third-order valence-electron chi connectivity index (χ3n) is 7.84. The summed E-state index contributed by atoms with van der Waals surface area (Å²) in [6, 6.07) is 13.3. The van der Waals surface area contributed by atoms with Crippen molar-refractivity contribution in [1.82, 2.24) is 14.9 Å². The number of aromatic nitrogens is 2. The second kappa shape index (κ2) is 14.1. The molecule has 0 spiro atoms. The Morgan fingerprint density at radius 3 is 2.27 bits per heavy atom. The van der Waals surface area contributed by atoms with Crippen LogP contribution >= 0.6 is 0 Å². The van der Waals surface area contributed by atoms with Gasteiger partial charge >= 0.3 is 0 Å². The minimum atomic E-state index is -4.13. The van der Waals surface area contributed by atoms with Crippen LogP contribution in [0.3, 0.4) is 0 Å². The van der Waals surface area contributed by atoms with Gasteiger partial charge in [-0.25, -0.2) is 18.1 Å². The highest BCUT2D eigenvalue weighted by molar-refractivity contribution is 7.92. The highest BCUT2D eigenvalue weighted by Crippen LogP contribution is 2.32. The molecule has 1 fully saturated rings. The van der Waals surface area contributed by atoms with E-state index >= 15 is 0 Å². The van der Waals surface area contributed by atoms with Gasteiger partial charge in [0.15, 0.2) is 0 Å². The average molecular weight is 639 g/mol. The molecule has 10 heteroatoms. The maximum absolute atomic E-state index is 14.1. The number of carbonyl (C=O) groups excluding carboxylic acids is 2. The van der Waals surface area contributed by atoms with Crippen molar-refractivity contribution in [2.45, 2.75) is 91.5 Å².